The van der Waals surface area contributed by atoms with Crippen LogP contribution in [0.3, 0.4) is 0 Å². The Hall–Kier alpha value is -2.96. The first kappa shape index (κ1) is 15.6. The lowest BCUT2D eigenvalue weighted by molar-refractivity contribution is -0.122. The van der Waals surface area contributed by atoms with Crippen LogP contribution >= 0.6 is 0 Å². The first-order valence-electron chi connectivity index (χ1n) is 8.38. The highest BCUT2D eigenvalue weighted by molar-refractivity contribution is 5.77. The van der Waals surface area contributed by atoms with E-state index in [-0.39, 0.29) is 23.9 Å². The molecular weight excluding hydrogens is 318 g/mol. The molecule has 1 N–H and O–H groups in total. The van der Waals surface area contributed by atoms with Gasteiger partial charge in [0.1, 0.15) is 5.39 Å². The number of rotatable bonds is 4. The van der Waals surface area contributed by atoms with Gasteiger partial charge in [-0.15, -0.1) is 0 Å². The largest absolute Gasteiger partial charge is 0.349 e. The molecule has 0 bridgehead atoms. The Morgan fingerprint density at radius 2 is 2.20 bits per heavy atom. The van der Waals surface area contributed by atoms with Gasteiger partial charge in [0.25, 0.3) is 5.56 Å². The molecule has 25 heavy (non-hydrogen) atoms. The van der Waals surface area contributed by atoms with E-state index >= 15 is 0 Å². The Morgan fingerprint density at radius 1 is 1.36 bits per heavy atom. The van der Waals surface area contributed by atoms with Gasteiger partial charge in [-0.3, -0.25) is 18.8 Å². The summed E-state index contributed by atoms with van der Waals surface area (Å²) in [6, 6.07) is 8.27. The quantitative estimate of drug-likeness (QED) is 0.778. The number of aryl methyl sites for hydroxylation is 3. The lowest BCUT2D eigenvalue weighted by atomic mass is 10.1. The van der Waals surface area contributed by atoms with E-state index in [1.807, 2.05) is 12.1 Å². The third kappa shape index (κ3) is 2.82. The maximum absolute atomic E-state index is 12.4. The predicted molar refractivity (Wildman–Crippen MR) is 93.0 cm³/mol. The van der Waals surface area contributed by atoms with Crippen molar-refractivity contribution in [2.24, 2.45) is 7.05 Å². The van der Waals surface area contributed by atoms with Gasteiger partial charge in [-0.2, -0.15) is 5.10 Å². The number of nitrogens with zero attached hydrogens (tertiary/aromatic N) is 4. The van der Waals surface area contributed by atoms with Crippen LogP contribution in [-0.4, -0.2) is 25.2 Å². The summed E-state index contributed by atoms with van der Waals surface area (Å²) >= 11 is 0. The SMILES string of the molecule is Cn1ncc2c(=O)n(CCC(=O)N[C@H]3CCc4ccccc43)cnc21. The number of carbonyl (C=O) groups excluding carboxylic acids is 1. The summed E-state index contributed by atoms with van der Waals surface area (Å²) < 4.78 is 3.03. The molecule has 2 aromatic heterocycles. The van der Waals surface area contributed by atoms with Crippen molar-refractivity contribution in [1.82, 2.24) is 24.6 Å². The molecule has 128 valence electrons. The highest BCUT2D eigenvalue weighted by atomic mass is 16.2. The van der Waals surface area contributed by atoms with Gasteiger partial charge in [0, 0.05) is 20.0 Å². The van der Waals surface area contributed by atoms with Gasteiger partial charge < -0.3 is 5.32 Å². The summed E-state index contributed by atoms with van der Waals surface area (Å²) in [5.74, 6) is -0.0557. The Morgan fingerprint density at radius 3 is 3.08 bits per heavy atom. The molecule has 2 heterocycles. The summed E-state index contributed by atoms with van der Waals surface area (Å²) in [6.07, 6.45) is 5.14. The fourth-order valence-electron chi connectivity index (χ4n) is 3.42. The van der Waals surface area contributed by atoms with Crippen LogP contribution in [0.2, 0.25) is 0 Å². The summed E-state index contributed by atoms with van der Waals surface area (Å²) in [7, 11) is 1.74. The van der Waals surface area contributed by atoms with Crippen LogP contribution in [0, 0.1) is 0 Å². The van der Waals surface area contributed by atoms with Crippen molar-refractivity contribution in [3.63, 3.8) is 0 Å². The number of hydrogen-bond acceptors (Lipinski definition) is 4. The van der Waals surface area contributed by atoms with Crippen LogP contribution in [0.1, 0.15) is 30.0 Å². The van der Waals surface area contributed by atoms with Crippen LogP contribution in [-0.2, 0) is 24.8 Å². The standard InChI is InChI=1S/C18H19N5O2/c1-22-17-14(10-20-22)18(25)23(11-19-17)9-8-16(24)21-15-7-6-12-4-2-3-5-13(12)15/h2-5,10-11,15H,6-9H2,1H3,(H,21,24)/t15-/m0/s1. The number of aromatic nitrogens is 4. The molecule has 7 heteroatoms. The van der Waals surface area contributed by atoms with Crippen molar-refractivity contribution >= 4 is 16.9 Å². The van der Waals surface area contributed by atoms with E-state index in [4.69, 9.17) is 0 Å². The van der Waals surface area contributed by atoms with Gasteiger partial charge in [0.15, 0.2) is 5.65 Å². The molecule has 4 rings (SSSR count). The van der Waals surface area contributed by atoms with Crippen molar-refractivity contribution in [2.45, 2.75) is 31.8 Å². The normalized spacial score (nSPS) is 16.1. The van der Waals surface area contributed by atoms with E-state index in [0.717, 1.165) is 12.8 Å². The summed E-state index contributed by atoms with van der Waals surface area (Å²) in [4.78, 5) is 28.9. The van der Waals surface area contributed by atoms with Crippen LogP contribution in [0.5, 0.6) is 0 Å². The van der Waals surface area contributed by atoms with Gasteiger partial charge in [-0.25, -0.2) is 4.98 Å². The molecule has 1 amide bonds. The van der Waals surface area contributed by atoms with E-state index in [2.05, 4.69) is 27.5 Å². The van der Waals surface area contributed by atoms with Crippen molar-refractivity contribution in [2.75, 3.05) is 0 Å². The molecular formula is C18H19N5O2. The average Bonchev–Trinajstić information content (AvgIpc) is 3.19. The Kier molecular flexibility index (Phi) is 3.83. The second kappa shape index (κ2) is 6.16. The first-order chi connectivity index (χ1) is 12.1. The van der Waals surface area contributed by atoms with Crippen LogP contribution in [0.25, 0.3) is 11.0 Å². The van der Waals surface area contributed by atoms with Crippen LogP contribution in [0.15, 0.2) is 41.6 Å². The van der Waals surface area contributed by atoms with Crippen molar-refractivity contribution in [3.05, 3.63) is 58.3 Å². The molecule has 0 aliphatic heterocycles. The summed E-state index contributed by atoms with van der Waals surface area (Å²) in [6.45, 7) is 0.302. The molecule has 1 aliphatic carbocycles. The zero-order valence-electron chi connectivity index (χ0n) is 14.0. The van der Waals surface area contributed by atoms with Gasteiger partial charge >= 0.3 is 0 Å². The minimum absolute atomic E-state index is 0.0557. The number of benzene rings is 1. The molecule has 1 aromatic carbocycles. The molecule has 0 saturated carbocycles. The molecule has 3 aromatic rings. The minimum atomic E-state index is -0.169. The zero-order chi connectivity index (χ0) is 17.4. The van der Waals surface area contributed by atoms with Crippen molar-refractivity contribution < 1.29 is 4.79 Å². The second-order valence-electron chi connectivity index (χ2n) is 6.36. The number of nitrogens with one attached hydrogen (secondary N) is 1. The Labute approximate surface area is 144 Å². The molecule has 7 nitrogen and oxygen atoms in total. The number of amides is 1. The third-order valence-electron chi connectivity index (χ3n) is 4.77. The summed E-state index contributed by atoms with van der Waals surface area (Å²) in [5.41, 5.74) is 2.88. The monoisotopic (exact) mass is 337 g/mol. The average molecular weight is 337 g/mol. The van der Waals surface area contributed by atoms with Crippen LogP contribution < -0.4 is 10.9 Å². The minimum Gasteiger partial charge on any atom is -0.349 e. The van der Waals surface area contributed by atoms with E-state index in [0.29, 0.717) is 17.6 Å². The lowest BCUT2D eigenvalue weighted by Crippen LogP contribution is -2.29. The fourth-order valence-corrected chi connectivity index (χ4v) is 3.42. The molecule has 1 atom stereocenters. The summed E-state index contributed by atoms with van der Waals surface area (Å²) in [5, 5.41) is 7.59. The highest BCUT2D eigenvalue weighted by Crippen LogP contribution is 2.30. The molecule has 0 radical (unpaired) electrons. The van der Waals surface area contributed by atoms with Crippen LogP contribution in [0.4, 0.5) is 0 Å². The molecule has 0 unspecified atom stereocenters. The number of carbonyl (C=O) groups is 1. The molecule has 0 spiro atoms. The first-order valence-corrected chi connectivity index (χ1v) is 8.38. The number of fused-ring (bicyclic) bond motifs is 2. The maximum atomic E-state index is 12.4. The predicted octanol–water partition coefficient (Wildman–Crippen LogP) is 1.32. The van der Waals surface area contributed by atoms with E-state index in [9.17, 15) is 9.59 Å². The maximum Gasteiger partial charge on any atom is 0.264 e. The molecule has 0 saturated heterocycles. The lowest BCUT2D eigenvalue weighted by Gasteiger charge is -2.14. The van der Waals surface area contributed by atoms with Gasteiger partial charge in [0.2, 0.25) is 5.91 Å². The third-order valence-corrected chi connectivity index (χ3v) is 4.77. The van der Waals surface area contributed by atoms with Crippen molar-refractivity contribution in [3.8, 4) is 0 Å². The topological polar surface area (TPSA) is 81.8 Å². The Balaban J connectivity index is 1.43. The smallest absolute Gasteiger partial charge is 0.264 e. The van der Waals surface area contributed by atoms with Gasteiger partial charge in [-0.05, 0) is 24.0 Å². The van der Waals surface area contributed by atoms with E-state index in [1.54, 1.807) is 11.7 Å². The van der Waals surface area contributed by atoms with E-state index < -0.39 is 0 Å². The molecule has 0 fully saturated rings. The second-order valence-corrected chi connectivity index (χ2v) is 6.36. The van der Waals surface area contributed by atoms with Gasteiger partial charge in [-0.1, -0.05) is 24.3 Å². The van der Waals surface area contributed by atoms with Gasteiger partial charge in [0.05, 0.1) is 18.6 Å². The molecule has 1 aliphatic rings. The highest BCUT2D eigenvalue weighted by Gasteiger charge is 2.23. The zero-order valence-corrected chi connectivity index (χ0v) is 14.0. The Bertz CT molecular complexity index is 1000. The van der Waals surface area contributed by atoms with Crippen molar-refractivity contribution in [1.29, 1.82) is 0 Å². The fraction of sp³-hybridized carbons (Fsp3) is 0.333. The number of hydrogen-bond donors (Lipinski definition) is 1. The van der Waals surface area contributed by atoms with E-state index in [1.165, 1.54) is 28.2 Å².